The summed E-state index contributed by atoms with van der Waals surface area (Å²) < 4.78 is 0. The van der Waals surface area contributed by atoms with Crippen molar-refractivity contribution >= 4 is 9.30 Å². The Morgan fingerprint density at radius 3 is 1.71 bits per heavy atom. The van der Waals surface area contributed by atoms with E-state index in [1.807, 2.05) is 0 Å². The van der Waals surface area contributed by atoms with Gasteiger partial charge in [0.2, 0.25) is 0 Å². The van der Waals surface area contributed by atoms with Crippen LogP contribution in [0.4, 0.5) is 0 Å². The Morgan fingerprint density at radius 1 is 1.14 bits per heavy atom. The molecule has 0 aromatic rings. The number of hydrogen-bond donors (Lipinski definition) is 0. The van der Waals surface area contributed by atoms with E-state index in [1.165, 1.54) is 45.1 Å². The Morgan fingerprint density at radius 2 is 1.57 bits per heavy atom. The average Bonchev–Trinajstić information content (AvgIpc) is 2.23. The fourth-order valence-electron chi connectivity index (χ4n) is 0.722. The van der Waals surface area contributed by atoms with Crippen molar-refractivity contribution in [3.05, 3.63) is 6.42 Å². The van der Waals surface area contributed by atoms with Crippen LogP contribution in [0.2, 0.25) is 0 Å². The van der Waals surface area contributed by atoms with Gasteiger partial charge in [0.1, 0.15) is 0 Å². The summed E-state index contributed by atoms with van der Waals surface area (Å²) >= 11 is 1.47. The van der Waals surface area contributed by atoms with E-state index in [2.05, 4.69) is 15.7 Å². The van der Waals surface area contributed by atoms with Gasteiger partial charge >= 0.3 is 28.7 Å². The number of rotatable bonds is 0. The van der Waals surface area contributed by atoms with Crippen molar-refractivity contribution in [1.29, 1.82) is 0 Å². The third-order valence-corrected chi connectivity index (χ3v) is 1.07. The standard InChI is InChI=1S/C5H9.ClH.Ti/c1-2-4-5-3-1;;/h1H,2-5H2;1H;/q;;+1/p-1. The molecule has 1 rings (SSSR count). The topological polar surface area (TPSA) is 0 Å². The molecule has 0 amide bonds. The van der Waals surface area contributed by atoms with Gasteiger partial charge in [-0.15, -0.1) is 0 Å². The van der Waals surface area contributed by atoms with Crippen molar-refractivity contribution < 1.29 is 19.4 Å². The molecule has 0 heterocycles. The molecule has 0 N–H and O–H groups in total. The maximum absolute atomic E-state index is 4.64. The van der Waals surface area contributed by atoms with Gasteiger partial charge in [0.15, 0.2) is 0 Å². The van der Waals surface area contributed by atoms with E-state index in [4.69, 9.17) is 0 Å². The van der Waals surface area contributed by atoms with E-state index < -0.39 is 0 Å². The molecule has 0 saturated heterocycles. The van der Waals surface area contributed by atoms with Crippen molar-refractivity contribution in [2.24, 2.45) is 0 Å². The molecule has 0 nitrogen and oxygen atoms in total. The van der Waals surface area contributed by atoms with Gasteiger partial charge in [0, 0.05) is 0 Å². The maximum atomic E-state index is 4.64. The molecular weight excluding hydrogens is 143 g/mol. The molecule has 0 unspecified atom stereocenters. The molecule has 0 aromatic carbocycles. The first-order valence-corrected chi connectivity index (χ1v) is 4.65. The summed E-state index contributed by atoms with van der Waals surface area (Å²) in [6.45, 7) is 0. The van der Waals surface area contributed by atoms with Crippen LogP contribution >= 0.6 is 9.30 Å². The summed E-state index contributed by atoms with van der Waals surface area (Å²) in [6.07, 6.45) is 8.00. The number of halogens is 1. The van der Waals surface area contributed by atoms with E-state index >= 15 is 0 Å². The second kappa shape index (κ2) is 7.00. The Kier molecular flexibility index (Phi) is 8.01. The Labute approximate surface area is 60.9 Å². The fraction of sp³-hybridized carbons (Fsp3) is 0.800. The van der Waals surface area contributed by atoms with Crippen molar-refractivity contribution in [3.8, 4) is 0 Å². The molecule has 7 heavy (non-hydrogen) atoms. The van der Waals surface area contributed by atoms with Crippen LogP contribution in [0.5, 0.6) is 0 Å². The number of hydrogen-bond acceptors (Lipinski definition) is 0. The predicted molar refractivity (Wildman–Crippen MR) is 28.6 cm³/mol. The quantitative estimate of drug-likeness (QED) is 0.468. The minimum atomic E-state index is 1.38. The van der Waals surface area contributed by atoms with Gasteiger partial charge in [-0.3, -0.25) is 0 Å². The first-order chi connectivity index (χ1) is 3.50. The molecule has 0 atom stereocenters. The molecular formula is C5H9ClTi. The molecule has 0 aromatic heterocycles. The summed E-state index contributed by atoms with van der Waals surface area (Å²) in [6, 6.07) is 0. The van der Waals surface area contributed by atoms with Crippen molar-refractivity contribution in [1.82, 2.24) is 0 Å². The second-order valence-electron chi connectivity index (χ2n) is 1.57. The third-order valence-electron chi connectivity index (χ3n) is 1.07. The molecule has 1 radical (unpaired) electrons. The van der Waals surface area contributed by atoms with Crippen LogP contribution in [0.25, 0.3) is 0 Å². The molecule has 0 spiro atoms. The van der Waals surface area contributed by atoms with E-state index in [9.17, 15) is 0 Å². The van der Waals surface area contributed by atoms with Crippen molar-refractivity contribution in [3.63, 3.8) is 0 Å². The molecule has 2 heteroatoms. The summed E-state index contributed by atoms with van der Waals surface area (Å²) in [4.78, 5) is 0. The van der Waals surface area contributed by atoms with Crippen LogP contribution in [0.3, 0.4) is 0 Å². The van der Waals surface area contributed by atoms with Crippen LogP contribution in [0.15, 0.2) is 0 Å². The SMILES string of the molecule is [CH]1CCCC1.[Cl][Ti]. The first kappa shape index (κ1) is 8.00. The van der Waals surface area contributed by atoms with E-state index in [-0.39, 0.29) is 0 Å². The normalized spacial score (nSPS) is 17.7. The van der Waals surface area contributed by atoms with Gasteiger partial charge in [0.25, 0.3) is 0 Å². The van der Waals surface area contributed by atoms with E-state index in [0.717, 1.165) is 0 Å². The predicted octanol–water partition coefficient (Wildman–Crippen LogP) is 2.45. The molecule has 1 aliphatic carbocycles. The van der Waals surface area contributed by atoms with Gasteiger partial charge in [-0.05, 0) is 6.42 Å². The molecule has 1 fully saturated rings. The molecule has 0 aliphatic heterocycles. The van der Waals surface area contributed by atoms with Gasteiger partial charge in [-0.1, -0.05) is 25.7 Å². The van der Waals surface area contributed by atoms with E-state index in [1.54, 1.807) is 0 Å². The summed E-state index contributed by atoms with van der Waals surface area (Å²) in [7, 11) is 4.64. The Hall–Kier alpha value is 1.00. The molecule has 1 saturated carbocycles. The zero-order chi connectivity index (χ0) is 5.54. The zero-order valence-electron chi connectivity index (χ0n) is 4.28. The summed E-state index contributed by atoms with van der Waals surface area (Å²) in [5, 5.41) is 0. The van der Waals surface area contributed by atoms with Gasteiger partial charge in [-0.25, -0.2) is 0 Å². The van der Waals surface area contributed by atoms with Crippen LogP contribution in [0, 0.1) is 6.42 Å². The Bertz CT molecular complexity index is 19.7. The van der Waals surface area contributed by atoms with E-state index in [0.29, 0.717) is 0 Å². The molecule has 0 bridgehead atoms. The van der Waals surface area contributed by atoms with Crippen LogP contribution in [-0.4, -0.2) is 0 Å². The Balaban J connectivity index is 0.000000162. The molecule has 40 valence electrons. The summed E-state index contributed by atoms with van der Waals surface area (Å²) in [5.41, 5.74) is 0. The van der Waals surface area contributed by atoms with Crippen LogP contribution < -0.4 is 0 Å². The first-order valence-electron chi connectivity index (χ1n) is 2.51. The monoisotopic (exact) mass is 152 g/mol. The van der Waals surface area contributed by atoms with Crippen LogP contribution in [0.1, 0.15) is 25.7 Å². The van der Waals surface area contributed by atoms with Gasteiger partial charge in [-0.2, -0.15) is 0 Å². The second-order valence-corrected chi connectivity index (χ2v) is 1.57. The fourth-order valence-corrected chi connectivity index (χ4v) is 0.722. The average molecular weight is 152 g/mol. The minimum absolute atomic E-state index is 1.38. The van der Waals surface area contributed by atoms with Gasteiger partial charge < -0.3 is 0 Å². The van der Waals surface area contributed by atoms with Gasteiger partial charge in [0.05, 0.1) is 0 Å². The van der Waals surface area contributed by atoms with Crippen molar-refractivity contribution in [2.75, 3.05) is 0 Å². The molecule has 1 aliphatic rings. The van der Waals surface area contributed by atoms with Crippen molar-refractivity contribution in [2.45, 2.75) is 25.7 Å². The summed E-state index contributed by atoms with van der Waals surface area (Å²) in [5.74, 6) is 0. The zero-order valence-corrected chi connectivity index (χ0v) is 6.60. The third kappa shape index (κ3) is 4.87. The van der Waals surface area contributed by atoms with Crippen LogP contribution in [-0.2, 0) is 19.4 Å².